The van der Waals surface area contributed by atoms with Gasteiger partial charge in [-0.3, -0.25) is 9.59 Å². The van der Waals surface area contributed by atoms with E-state index in [1.165, 1.54) is 19.3 Å². The van der Waals surface area contributed by atoms with Crippen LogP contribution in [-0.2, 0) is 9.59 Å². The Bertz CT molecular complexity index is 1310. The summed E-state index contributed by atoms with van der Waals surface area (Å²) in [4.78, 5) is 38.4. The summed E-state index contributed by atoms with van der Waals surface area (Å²) < 4.78 is 0. The maximum atomic E-state index is 12.5. The third-order valence-corrected chi connectivity index (χ3v) is 8.29. The highest BCUT2D eigenvalue weighted by Gasteiger charge is 2.26. The zero-order chi connectivity index (χ0) is 27.3. The second-order valence-corrected chi connectivity index (χ2v) is 11.0. The number of nitrogens with zero attached hydrogens (tertiary/aromatic N) is 4. The average Bonchev–Trinajstić information content (AvgIpc) is 3.52. The molecule has 2 aromatic carbocycles. The normalized spacial score (nSPS) is 19.2. The summed E-state index contributed by atoms with van der Waals surface area (Å²) in [6.07, 6.45) is 8.09. The van der Waals surface area contributed by atoms with Crippen molar-refractivity contribution in [1.82, 2.24) is 20.2 Å². The summed E-state index contributed by atoms with van der Waals surface area (Å²) in [5.41, 5.74) is 4.59. The van der Waals surface area contributed by atoms with Crippen LogP contribution in [0.4, 0.5) is 23.0 Å². The highest BCUT2D eigenvalue weighted by atomic mass is 16.2. The predicted octanol–water partition coefficient (Wildman–Crippen LogP) is 4.42. The Morgan fingerprint density at radius 1 is 0.875 bits per heavy atom. The summed E-state index contributed by atoms with van der Waals surface area (Å²) in [6.45, 7) is 4.18. The van der Waals surface area contributed by atoms with Crippen LogP contribution in [0.2, 0.25) is 0 Å². The Labute approximate surface area is 235 Å². The first-order valence-corrected chi connectivity index (χ1v) is 14.5. The van der Waals surface area contributed by atoms with Crippen molar-refractivity contribution in [3.05, 3.63) is 60.8 Å². The molecule has 3 heterocycles. The van der Waals surface area contributed by atoms with Gasteiger partial charge in [0.25, 0.3) is 0 Å². The molecule has 1 aliphatic carbocycles. The third kappa shape index (κ3) is 6.25. The molecule has 6 rings (SSSR count). The van der Waals surface area contributed by atoms with Gasteiger partial charge in [0.05, 0.1) is 11.7 Å². The van der Waals surface area contributed by atoms with Crippen LogP contribution in [0, 0.1) is 5.92 Å². The molecule has 0 spiro atoms. The zero-order valence-electron chi connectivity index (χ0n) is 22.8. The summed E-state index contributed by atoms with van der Waals surface area (Å²) in [5, 5.41) is 9.51. The topological polar surface area (TPSA) is 102 Å². The van der Waals surface area contributed by atoms with Gasteiger partial charge in [0.15, 0.2) is 0 Å². The van der Waals surface area contributed by atoms with Crippen molar-refractivity contribution in [2.24, 2.45) is 5.92 Å². The van der Waals surface area contributed by atoms with E-state index in [0.717, 1.165) is 80.3 Å². The number of nitrogens with one attached hydrogen (secondary N) is 3. The van der Waals surface area contributed by atoms with Gasteiger partial charge in [-0.15, -0.1) is 0 Å². The molecule has 2 amide bonds. The van der Waals surface area contributed by atoms with E-state index < -0.39 is 0 Å². The molecular formula is C31H37N7O2. The lowest BCUT2D eigenvalue weighted by Crippen LogP contribution is -2.49. The number of rotatable bonds is 8. The van der Waals surface area contributed by atoms with E-state index in [-0.39, 0.29) is 11.9 Å². The van der Waals surface area contributed by atoms with Crippen LogP contribution in [0.25, 0.3) is 11.3 Å². The number of carbonyl (C=O) groups is 2. The van der Waals surface area contributed by atoms with E-state index in [2.05, 4.69) is 38.0 Å². The Morgan fingerprint density at radius 2 is 1.62 bits per heavy atom. The van der Waals surface area contributed by atoms with Gasteiger partial charge >= 0.3 is 0 Å². The van der Waals surface area contributed by atoms with Crippen LogP contribution in [0.1, 0.15) is 38.5 Å². The fourth-order valence-electron chi connectivity index (χ4n) is 5.61. The van der Waals surface area contributed by atoms with Gasteiger partial charge in [-0.25, -0.2) is 9.97 Å². The quantitative estimate of drug-likeness (QED) is 0.390. The Hall–Kier alpha value is -3.98. The summed E-state index contributed by atoms with van der Waals surface area (Å²) in [7, 11) is 0. The molecule has 3 aromatic rings. The molecule has 208 valence electrons. The number of carbonyl (C=O) groups excluding carboxylic acids is 2. The van der Waals surface area contributed by atoms with Crippen molar-refractivity contribution in [1.29, 1.82) is 0 Å². The number of benzene rings is 2. The molecule has 3 aliphatic rings. The molecular weight excluding hydrogens is 502 g/mol. The molecule has 9 nitrogen and oxygen atoms in total. The maximum Gasteiger partial charge on any atom is 0.241 e. The average molecular weight is 540 g/mol. The van der Waals surface area contributed by atoms with Crippen molar-refractivity contribution in [2.75, 3.05) is 48.3 Å². The van der Waals surface area contributed by atoms with Crippen LogP contribution in [0.5, 0.6) is 0 Å². The molecule has 40 heavy (non-hydrogen) atoms. The highest BCUT2D eigenvalue weighted by Crippen LogP contribution is 2.30. The van der Waals surface area contributed by atoms with Crippen molar-refractivity contribution < 1.29 is 9.59 Å². The number of amides is 2. The van der Waals surface area contributed by atoms with Gasteiger partial charge in [-0.2, -0.15) is 0 Å². The first kappa shape index (κ1) is 26.3. The monoisotopic (exact) mass is 539 g/mol. The van der Waals surface area contributed by atoms with E-state index in [9.17, 15) is 9.59 Å². The molecule has 0 radical (unpaired) electrons. The van der Waals surface area contributed by atoms with Crippen LogP contribution in [0.3, 0.4) is 0 Å². The number of hydrogen-bond acceptors (Lipinski definition) is 7. The van der Waals surface area contributed by atoms with E-state index in [1.807, 2.05) is 47.4 Å². The lowest BCUT2D eigenvalue weighted by molar-refractivity contribution is -0.133. The van der Waals surface area contributed by atoms with E-state index in [1.54, 1.807) is 6.20 Å². The molecule has 1 atom stereocenters. The molecule has 1 saturated carbocycles. The Morgan fingerprint density at radius 3 is 2.30 bits per heavy atom. The van der Waals surface area contributed by atoms with Gasteiger partial charge < -0.3 is 25.8 Å². The van der Waals surface area contributed by atoms with Crippen LogP contribution < -0.4 is 20.9 Å². The second kappa shape index (κ2) is 12.0. The smallest absolute Gasteiger partial charge is 0.241 e. The number of hydrogen-bond donors (Lipinski definition) is 3. The molecule has 2 saturated heterocycles. The van der Waals surface area contributed by atoms with Gasteiger partial charge in [0, 0.05) is 61.4 Å². The summed E-state index contributed by atoms with van der Waals surface area (Å²) >= 11 is 0. The van der Waals surface area contributed by atoms with E-state index >= 15 is 0 Å². The van der Waals surface area contributed by atoms with E-state index in [4.69, 9.17) is 4.98 Å². The van der Waals surface area contributed by atoms with Crippen LogP contribution >= 0.6 is 0 Å². The van der Waals surface area contributed by atoms with Crippen molar-refractivity contribution >= 4 is 34.8 Å². The zero-order valence-corrected chi connectivity index (χ0v) is 22.8. The molecule has 3 N–H and O–H groups in total. The lowest BCUT2D eigenvalue weighted by Gasteiger charge is -2.37. The van der Waals surface area contributed by atoms with Crippen molar-refractivity contribution in [3.8, 4) is 11.3 Å². The molecule has 3 fully saturated rings. The first-order chi connectivity index (χ1) is 19.6. The Kier molecular flexibility index (Phi) is 7.90. The second-order valence-electron chi connectivity index (χ2n) is 11.0. The third-order valence-electron chi connectivity index (χ3n) is 8.29. The van der Waals surface area contributed by atoms with Crippen LogP contribution in [0.15, 0.2) is 60.8 Å². The highest BCUT2D eigenvalue weighted by molar-refractivity contribution is 5.95. The molecule has 0 bridgehead atoms. The minimum atomic E-state index is -0.105. The Balaban J connectivity index is 1.02. The lowest BCUT2D eigenvalue weighted by atomic mass is 9.82. The maximum absolute atomic E-state index is 12.5. The molecule has 0 unspecified atom stereocenters. The van der Waals surface area contributed by atoms with Gasteiger partial charge in [0.1, 0.15) is 0 Å². The van der Waals surface area contributed by atoms with Gasteiger partial charge in [0.2, 0.25) is 17.8 Å². The van der Waals surface area contributed by atoms with Crippen LogP contribution in [-0.4, -0.2) is 65.4 Å². The minimum absolute atomic E-state index is 0.0151. The van der Waals surface area contributed by atoms with E-state index in [0.29, 0.717) is 17.8 Å². The first-order valence-electron chi connectivity index (χ1n) is 14.5. The van der Waals surface area contributed by atoms with Gasteiger partial charge in [-0.05, 0) is 80.6 Å². The molecule has 9 heteroatoms. The molecule has 2 aliphatic heterocycles. The number of piperazine rings is 1. The standard InChI is InChI=1S/C31H37N7O2/c39-29(21-22-3-1-4-22)38-19-17-37(18-20-38)26-12-10-25(11-13-26)35-31-33-16-14-27(36-31)23-6-8-24(9-7-23)34-30(40)28-5-2-15-32-28/h6-14,16,22,28,32H,1-5,15,17-21H2,(H,34,40)(H,33,35,36)/t28-/m1/s1. The summed E-state index contributed by atoms with van der Waals surface area (Å²) in [5.74, 6) is 1.48. The summed E-state index contributed by atoms with van der Waals surface area (Å²) in [6, 6.07) is 17.8. The SMILES string of the molecule is O=C(Nc1ccc(-c2ccnc(Nc3ccc(N4CCN(C(=O)CC5CCC5)CC4)cc3)n2)cc1)[C@H]1CCCN1. The largest absolute Gasteiger partial charge is 0.368 e. The number of anilines is 4. The predicted molar refractivity (Wildman–Crippen MR) is 158 cm³/mol. The van der Waals surface area contributed by atoms with Gasteiger partial charge in [-0.1, -0.05) is 18.6 Å². The molecule has 1 aromatic heterocycles. The fraction of sp³-hybridized carbons (Fsp3) is 0.419. The van der Waals surface area contributed by atoms with Crippen molar-refractivity contribution in [2.45, 2.75) is 44.6 Å². The minimum Gasteiger partial charge on any atom is -0.368 e. The fourth-order valence-corrected chi connectivity index (χ4v) is 5.61. The number of aromatic nitrogens is 2. The van der Waals surface area contributed by atoms with Crippen molar-refractivity contribution in [3.63, 3.8) is 0 Å².